The number of nitrogens with one attached hydrogen (secondary N) is 2. The zero-order valence-electron chi connectivity index (χ0n) is 10.9. The molecule has 0 aromatic heterocycles. The summed E-state index contributed by atoms with van der Waals surface area (Å²) in [6, 6.07) is 5.64. The second-order valence-electron chi connectivity index (χ2n) is 4.11. The van der Waals surface area contributed by atoms with Crippen LogP contribution in [0.3, 0.4) is 0 Å². The van der Waals surface area contributed by atoms with Crippen LogP contribution in [0.2, 0.25) is 0 Å². The maximum Gasteiger partial charge on any atom is 0.242 e. The number of carbonyl (C=O) groups excluding carboxylic acids is 1. The Balaban J connectivity index is 2.53. The standard InChI is InChI=1S/C13H19BrN2O2/c1-9-8-11(14)4-5-12(9)16-10(2)13(17)15-6-7-18-3/h4-5,8,10,16H,6-7H2,1-3H3,(H,15,17). The van der Waals surface area contributed by atoms with Crippen LogP contribution < -0.4 is 10.6 Å². The van der Waals surface area contributed by atoms with Gasteiger partial charge < -0.3 is 15.4 Å². The van der Waals surface area contributed by atoms with Crippen molar-refractivity contribution < 1.29 is 9.53 Å². The highest BCUT2D eigenvalue weighted by Crippen LogP contribution is 2.20. The topological polar surface area (TPSA) is 50.4 Å². The number of anilines is 1. The lowest BCUT2D eigenvalue weighted by Crippen LogP contribution is -2.39. The van der Waals surface area contributed by atoms with Gasteiger partial charge in [0.05, 0.1) is 6.61 Å². The fourth-order valence-electron chi connectivity index (χ4n) is 1.52. The summed E-state index contributed by atoms with van der Waals surface area (Å²) in [6.07, 6.45) is 0. The SMILES string of the molecule is COCCNC(=O)C(C)Nc1ccc(Br)cc1C. The van der Waals surface area contributed by atoms with E-state index in [1.165, 1.54) is 0 Å². The maximum atomic E-state index is 11.8. The number of benzene rings is 1. The lowest BCUT2D eigenvalue weighted by Gasteiger charge is -2.17. The van der Waals surface area contributed by atoms with E-state index in [1.54, 1.807) is 7.11 Å². The number of carbonyl (C=O) groups is 1. The molecule has 0 fully saturated rings. The maximum absolute atomic E-state index is 11.8. The molecule has 4 nitrogen and oxygen atoms in total. The quantitative estimate of drug-likeness (QED) is 0.792. The van der Waals surface area contributed by atoms with Gasteiger partial charge in [-0.15, -0.1) is 0 Å². The minimum absolute atomic E-state index is 0.0330. The minimum atomic E-state index is -0.276. The predicted molar refractivity (Wildman–Crippen MR) is 76.8 cm³/mol. The first-order valence-corrected chi connectivity index (χ1v) is 6.63. The Kier molecular flexibility index (Phi) is 6.15. The first-order chi connectivity index (χ1) is 8.54. The smallest absolute Gasteiger partial charge is 0.242 e. The second-order valence-corrected chi connectivity index (χ2v) is 5.02. The fraction of sp³-hybridized carbons (Fsp3) is 0.462. The second kappa shape index (κ2) is 7.38. The summed E-state index contributed by atoms with van der Waals surface area (Å²) in [5.41, 5.74) is 2.06. The third-order valence-corrected chi connectivity index (χ3v) is 3.05. The highest BCUT2D eigenvalue weighted by molar-refractivity contribution is 9.10. The van der Waals surface area contributed by atoms with E-state index in [1.807, 2.05) is 32.0 Å². The van der Waals surface area contributed by atoms with Crippen LogP contribution in [0.4, 0.5) is 5.69 Å². The van der Waals surface area contributed by atoms with Gasteiger partial charge in [0, 0.05) is 23.8 Å². The molecule has 0 aliphatic rings. The van der Waals surface area contributed by atoms with Gasteiger partial charge in [0.2, 0.25) is 5.91 Å². The predicted octanol–water partition coefficient (Wildman–Crippen LogP) is 2.32. The van der Waals surface area contributed by atoms with E-state index >= 15 is 0 Å². The van der Waals surface area contributed by atoms with Gasteiger partial charge in [-0.05, 0) is 37.6 Å². The Labute approximate surface area is 116 Å². The van der Waals surface area contributed by atoms with Crippen molar-refractivity contribution in [3.8, 4) is 0 Å². The van der Waals surface area contributed by atoms with Crippen LogP contribution in [0.15, 0.2) is 22.7 Å². The normalized spacial score (nSPS) is 12.0. The Morgan fingerprint density at radius 2 is 2.22 bits per heavy atom. The van der Waals surface area contributed by atoms with Gasteiger partial charge in [-0.2, -0.15) is 0 Å². The van der Waals surface area contributed by atoms with Crippen LogP contribution in [0.5, 0.6) is 0 Å². The van der Waals surface area contributed by atoms with E-state index in [0.29, 0.717) is 13.2 Å². The summed E-state index contributed by atoms with van der Waals surface area (Å²) in [6.45, 7) is 4.89. The molecule has 2 N–H and O–H groups in total. The van der Waals surface area contributed by atoms with Crippen molar-refractivity contribution in [1.82, 2.24) is 5.32 Å². The number of hydrogen-bond donors (Lipinski definition) is 2. The number of hydrogen-bond acceptors (Lipinski definition) is 3. The third-order valence-electron chi connectivity index (χ3n) is 2.56. The van der Waals surface area contributed by atoms with E-state index in [9.17, 15) is 4.79 Å². The molecule has 0 aliphatic carbocycles. The van der Waals surface area contributed by atoms with Crippen molar-refractivity contribution in [2.45, 2.75) is 19.9 Å². The number of methoxy groups -OCH3 is 1. The lowest BCUT2D eigenvalue weighted by atomic mass is 10.2. The average molecular weight is 315 g/mol. The summed E-state index contributed by atoms with van der Waals surface area (Å²) in [5, 5.41) is 5.99. The Bertz CT molecular complexity index is 410. The van der Waals surface area contributed by atoms with Crippen LogP contribution in [-0.2, 0) is 9.53 Å². The van der Waals surface area contributed by atoms with Crippen molar-refractivity contribution >= 4 is 27.5 Å². The fourth-order valence-corrected chi connectivity index (χ4v) is 1.99. The van der Waals surface area contributed by atoms with Crippen molar-refractivity contribution in [3.63, 3.8) is 0 Å². The van der Waals surface area contributed by atoms with Crippen LogP contribution in [0, 0.1) is 6.92 Å². The largest absolute Gasteiger partial charge is 0.383 e. The molecule has 0 aliphatic heterocycles. The van der Waals surface area contributed by atoms with Crippen molar-refractivity contribution in [2.75, 3.05) is 25.6 Å². The molecule has 0 saturated carbocycles. The molecule has 18 heavy (non-hydrogen) atoms. The molecule has 1 aromatic carbocycles. The van der Waals surface area contributed by atoms with E-state index in [4.69, 9.17) is 4.74 Å². The molecular weight excluding hydrogens is 296 g/mol. The molecule has 0 saturated heterocycles. The highest BCUT2D eigenvalue weighted by atomic mass is 79.9. The molecule has 1 amide bonds. The first-order valence-electron chi connectivity index (χ1n) is 5.84. The van der Waals surface area contributed by atoms with Crippen LogP contribution in [0.25, 0.3) is 0 Å². The summed E-state index contributed by atoms with van der Waals surface area (Å²) in [4.78, 5) is 11.8. The highest BCUT2D eigenvalue weighted by Gasteiger charge is 2.12. The molecule has 0 bridgehead atoms. The van der Waals surface area contributed by atoms with E-state index in [2.05, 4.69) is 26.6 Å². The zero-order valence-corrected chi connectivity index (χ0v) is 12.5. The number of aryl methyl sites for hydroxylation is 1. The lowest BCUT2D eigenvalue weighted by molar-refractivity contribution is -0.121. The van der Waals surface area contributed by atoms with Crippen LogP contribution in [-0.4, -0.2) is 32.2 Å². The summed E-state index contributed by atoms with van der Waals surface area (Å²) in [5.74, 6) is -0.0330. The first kappa shape index (κ1) is 15.0. The molecule has 0 heterocycles. The number of ether oxygens (including phenoxy) is 1. The number of amides is 1. The van der Waals surface area contributed by atoms with Gasteiger partial charge in [0.15, 0.2) is 0 Å². The van der Waals surface area contributed by atoms with Gasteiger partial charge in [-0.1, -0.05) is 15.9 Å². The van der Waals surface area contributed by atoms with Crippen LogP contribution >= 0.6 is 15.9 Å². The minimum Gasteiger partial charge on any atom is -0.383 e. The molecule has 1 aromatic rings. The summed E-state index contributed by atoms with van der Waals surface area (Å²) in [7, 11) is 1.61. The molecule has 0 spiro atoms. The van der Waals surface area contributed by atoms with Gasteiger partial charge in [0.1, 0.15) is 6.04 Å². The van der Waals surface area contributed by atoms with Gasteiger partial charge in [0.25, 0.3) is 0 Å². The van der Waals surface area contributed by atoms with E-state index in [-0.39, 0.29) is 11.9 Å². The van der Waals surface area contributed by atoms with Gasteiger partial charge in [-0.3, -0.25) is 4.79 Å². The van der Waals surface area contributed by atoms with Gasteiger partial charge >= 0.3 is 0 Å². The van der Waals surface area contributed by atoms with Crippen molar-refractivity contribution in [3.05, 3.63) is 28.2 Å². The van der Waals surface area contributed by atoms with Crippen LogP contribution in [0.1, 0.15) is 12.5 Å². The monoisotopic (exact) mass is 314 g/mol. The molecule has 100 valence electrons. The van der Waals surface area contributed by atoms with Crippen molar-refractivity contribution in [2.24, 2.45) is 0 Å². The average Bonchev–Trinajstić information content (AvgIpc) is 2.32. The molecule has 1 atom stereocenters. The molecule has 5 heteroatoms. The Morgan fingerprint density at radius 3 is 2.83 bits per heavy atom. The summed E-state index contributed by atoms with van der Waals surface area (Å²) < 4.78 is 5.91. The zero-order chi connectivity index (χ0) is 13.5. The van der Waals surface area contributed by atoms with Crippen molar-refractivity contribution in [1.29, 1.82) is 0 Å². The van der Waals surface area contributed by atoms with Gasteiger partial charge in [-0.25, -0.2) is 0 Å². The number of rotatable bonds is 6. The molecule has 0 radical (unpaired) electrons. The third kappa shape index (κ3) is 4.66. The molecular formula is C13H19BrN2O2. The molecule has 1 unspecified atom stereocenters. The van der Waals surface area contributed by atoms with E-state index < -0.39 is 0 Å². The Morgan fingerprint density at radius 1 is 1.50 bits per heavy atom. The Hall–Kier alpha value is -1.07. The summed E-state index contributed by atoms with van der Waals surface area (Å²) >= 11 is 3.41. The number of halogens is 1. The van der Waals surface area contributed by atoms with E-state index in [0.717, 1.165) is 15.7 Å². The molecule has 1 rings (SSSR count).